The summed E-state index contributed by atoms with van der Waals surface area (Å²) in [6, 6.07) is -0.0181. The number of aliphatic hydroxyl groups excluding tert-OH is 1. The predicted octanol–water partition coefficient (Wildman–Crippen LogP) is 0.375. The maximum Gasteiger partial charge on any atom is 0.329 e. The molecule has 2 saturated heterocycles. The zero-order chi connectivity index (χ0) is 15.6. The largest absolute Gasteiger partial charge is 0.480 e. The molecule has 21 heavy (non-hydrogen) atoms. The van der Waals surface area contributed by atoms with Crippen LogP contribution < -0.4 is 0 Å². The molecule has 2 aliphatic heterocycles. The van der Waals surface area contributed by atoms with Gasteiger partial charge in [0.25, 0.3) is 0 Å². The van der Waals surface area contributed by atoms with Crippen molar-refractivity contribution in [2.45, 2.75) is 38.4 Å². The zero-order valence-corrected chi connectivity index (χ0v) is 12.6. The summed E-state index contributed by atoms with van der Waals surface area (Å²) in [6.45, 7) is 5.46. The monoisotopic (exact) mass is 300 g/mol. The van der Waals surface area contributed by atoms with Crippen LogP contribution in [0.1, 0.15) is 26.7 Å². The molecule has 2 amide bonds. The van der Waals surface area contributed by atoms with Crippen LogP contribution in [0.25, 0.3) is 0 Å². The van der Waals surface area contributed by atoms with Crippen LogP contribution in [0.3, 0.4) is 0 Å². The first kappa shape index (κ1) is 16.0. The first-order chi connectivity index (χ1) is 9.81. The van der Waals surface area contributed by atoms with Crippen molar-refractivity contribution in [2.75, 3.05) is 32.8 Å². The lowest BCUT2D eigenvalue weighted by atomic mass is 9.92. The average Bonchev–Trinajstić information content (AvgIpc) is 2.41. The molecule has 0 spiro atoms. The van der Waals surface area contributed by atoms with Crippen molar-refractivity contribution in [3.05, 3.63) is 0 Å². The van der Waals surface area contributed by atoms with Gasteiger partial charge in [0.1, 0.15) is 12.2 Å². The number of hydrogen-bond acceptors (Lipinski definition) is 4. The highest BCUT2D eigenvalue weighted by Gasteiger charge is 2.44. The number of urea groups is 1. The average molecular weight is 300 g/mol. The van der Waals surface area contributed by atoms with E-state index in [-0.39, 0.29) is 24.7 Å². The van der Waals surface area contributed by atoms with Crippen LogP contribution in [0.4, 0.5) is 4.79 Å². The molecule has 0 saturated carbocycles. The van der Waals surface area contributed by atoms with Crippen molar-refractivity contribution in [3.63, 3.8) is 0 Å². The molecule has 2 heterocycles. The Morgan fingerprint density at radius 3 is 2.33 bits per heavy atom. The van der Waals surface area contributed by atoms with Gasteiger partial charge in [-0.1, -0.05) is 0 Å². The Balaban J connectivity index is 1.75. The smallest absolute Gasteiger partial charge is 0.329 e. The van der Waals surface area contributed by atoms with Gasteiger partial charge >= 0.3 is 12.0 Å². The number of amides is 2. The Hall–Kier alpha value is -1.34. The number of carbonyl (C=O) groups excluding carboxylic acids is 1. The highest BCUT2D eigenvalue weighted by atomic mass is 16.5. The van der Waals surface area contributed by atoms with Crippen LogP contribution in [0.2, 0.25) is 0 Å². The topological polar surface area (TPSA) is 90.3 Å². The summed E-state index contributed by atoms with van der Waals surface area (Å²) in [5.41, 5.74) is -0.550. The molecule has 0 radical (unpaired) electrons. The van der Waals surface area contributed by atoms with Crippen LogP contribution in [-0.2, 0) is 9.53 Å². The summed E-state index contributed by atoms with van der Waals surface area (Å²) in [4.78, 5) is 26.3. The molecule has 120 valence electrons. The minimum atomic E-state index is -0.999. The quantitative estimate of drug-likeness (QED) is 0.783. The summed E-state index contributed by atoms with van der Waals surface area (Å²) in [7, 11) is 0. The molecule has 2 fully saturated rings. The maximum absolute atomic E-state index is 12.3. The van der Waals surface area contributed by atoms with Crippen LogP contribution in [0, 0.1) is 5.92 Å². The number of hydrogen-bond donors (Lipinski definition) is 2. The summed E-state index contributed by atoms with van der Waals surface area (Å²) >= 11 is 0. The molecule has 0 aliphatic carbocycles. The van der Waals surface area contributed by atoms with Gasteiger partial charge in [-0.25, -0.2) is 9.59 Å². The lowest BCUT2D eigenvalue weighted by molar-refractivity contribution is -0.160. The second-order valence-corrected chi connectivity index (χ2v) is 6.34. The molecular formula is C14H24N2O5. The fourth-order valence-corrected chi connectivity index (χ4v) is 3.00. The van der Waals surface area contributed by atoms with E-state index in [0.717, 1.165) is 12.8 Å². The fraction of sp³-hybridized carbons (Fsp3) is 0.857. The SMILES string of the molecule is CC(O)C1CCN(C(=O)N2CC(C)(OCC(=O)O)C2)CC1. The lowest BCUT2D eigenvalue weighted by Crippen LogP contribution is -2.66. The van der Waals surface area contributed by atoms with Crippen LogP contribution >= 0.6 is 0 Å². The number of carbonyl (C=O) groups is 2. The Morgan fingerprint density at radius 1 is 1.29 bits per heavy atom. The molecule has 7 heteroatoms. The van der Waals surface area contributed by atoms with Crippen LogP contribution in [0.15, 0.2) is 0 Å². The van der Waals surface area contributed by atoms with E-state index in [0.29, 0.717) is 26.2 Å². The number of carboxylic acids is 1. The number of piperidine rings is 1. The molecular weight excluding hydrogens is 276 g/mol. The number of aliphatic hydroxyl groups is 1. The van der Waals surface area contributed by atoms with E-state index in [4.69, 9.17) is 9.84 Å². The van der Waals surface area contributed by atoms with Crippen molar-refractivity contribution in [1.29, 1.82) is 0 Å². The first-order valence-electron chi connectivity index (χ1n) is 7.38. The summed E-state index contributed by atoms with van der Waals surface area (Å²) < 4.78 is 5.30. The maximum atomic E-state index is 12.3. The number of likely N-dealkylation sites (tertiary alicyclic amines) is 2. The van der Waals surface area contributed by atoms with E-state index >= 15 is 0 Å². The van der Waals surface area contributed by atoms with Gasteiger partial charge in [-0.05, 0) is 32.6 Å². The summed E-state index contributed by atoms with van der Waals surface area (Å²) in [5, 5.41) is 18.2. The summed E-state index contributed by atoms with van der Waals surface area (Å²) in [5.74, 6) is -0.726. The highest BCUT2D eigenvalue weighted by molar-refractivity contribution is 5.76. The minimum absolute atomic E-state index is 0.0181. The molecule has 0 bridgehead atoms. The second kappa shape index (κ2) is 6.19. The molecule has 0 aromatic rings. The van der Waals surface area contributed by atoms with Crippen molar-refractivity contribution in [1.82, 2.24) is 9.80 Å². The van der Waals surface area contributed by atoms with E-state index in [2.05, 4.69) is 0 Å². The van der Waals surface area contributed by atoms with E-state index < -0.39 is 11.6 Å². The van der Waals surface area contributed by atoms with Crippen LogP contribution in [0.5, 0.6) is 0 Å². The third kappa shape index (κ3) is 3.85. The minimum Gasteiger partial charge on any atom is -0.480 e. The van der Waals surface area contributed by atoms with Gasteiger partial charge in [0.2, 0.25) is 0 Å². The van der Waals surface area contributed by atoms with Crippen LogP contribution in [-0.4, -0.2) is 76.5 Å². The van der Waals surface area contributed by atoms with Gasteiger partial charge in [-0.2, -0.15) is 0 Å². The van der Waals surface area contributed by atoms with Gasteiger partial charge in [0, 0.05) is 13.1 Å². The molecule has 0 aromatic heterocycles. The van der Waals surface area contributed by atoms with Crippen molar-refractivity contribution in [2.24, 2.45) is 5.92 Å². The normalized spacial score (nSPS) is 23.6. The van der Waals surface area contributed by atoms with Crippen molar-refractivity contribution in [3.8, 4) is 0 Å². The Bertz CT molecular complexity index is 398. The van der Waals surface area contributed by atoms with Gasteiger partial charge in [-0.15, -0.1) is 0 Å². The predicted molar refractivity (Wildman–Crippen MR) is 74.9 cm³/mol. The Morgan fingerprint density at radius 2 is 1.86 bits per heavy atom. The Labute approximate surface area is 124 Å². The van der Waals surface area contributed by atoms with E-state index in [1.807, 2.05) is 6.92 Å². The number of carboxylic acid groups (broad SMARTS) is 1. The fourth-order valence-electron chi connectivity index (χ4n) is 3.00. The third-order valence-corrected chi connectivity index (χ3v) is 4.36. The molecule has 2 rings (SSSR count). The third-order valence-electron chi connectivity index (χ3n) is 4.36. The lowest BCUT2D eigenvalue weighted by Gasteiger charge is -2.49. The Kier molecular flexibility index (Phi) is 4.73. The second-order valence-electron chi connectivity index (χ2n) is 6.34. The standard InChI is InChI=1S/C14H24N2O5/c1-10(17)11-3-5-15(6-4-11)13(20)16-8-14(2,9-16)21-7-12(18)19/h10-11,17H,3-9H2,1-2H3,(H,18,19). The van der Waals surface area contributed by atoms with Gasteiger partial charge < -0.3 is 24.7 Å². The van der Waals surface area contributed by atoms with Crippen molar-refractivity contribution >= 4 is 12.0 Å². The highest BCUT2D eigenvalue weighted by Crippen LogP contribution is 2.28. The molecule has 2 aliphatic rings. The number of rotatable bonds is 4. The zero-order valence-electron chi connectivity index (χ0n) is 12.6. The first-order valence-corrected chi connectivity index (χ1v) is 7.38. The van der Waals surface area contributed by atoms with Crippen molar-refractivity contribution < 1.29 is 24.5 Å². The molecule has 0 aromatic carbocycles. The van der Waals surface area contributed by atoms with E-state index in [1.54, 1.807) is 16.7 Å². The number of aliphatic carboxylic acids is 1. The molecule has 1 unspecified atom stereocenters. The number of nitrogens with zero attached hydrogens (tertiary/aromatic N) is 2. The van der Waals surface area contributed by atoms with Gasteiger partial charge in [-0.3, -0.25) is 0 Å². The number of ether oxygens (including phenoxy) is 1. The van der Waals surface area contributed by atoms with E-state index in [1.165, 1.54) is 0 Å². The van der Waals surface area contributed by atoms with E-state index in [9.17, 15) is 14.7 Å². The molecule has 2 N–H and O–H groups in total. The van der Waals surface area contributed by atoms with Gasteiger partial charge in [0.15, 0.2) is 0 Å². The molecule has 7 nitrogen and oxygen atoms in total. The molecule has 1 atom stereocenters. The summed E-state index contributed by atoms with van der Waals surface area (Å²) in [6.07, 6.45) is 1.33. The van der Waals surface area contributed by atoms with Gasteiger partial charge in [0.05, 0.1) is 19.2 Å².